The number of thiophene rings is 1. The highest BCUT2D eigenvalue weighted by molar-refractivity contribution is 9.10. The van der Waals surface area contributed by atoms with Crippen LogP contribution in [-0.4, -0.2) is 12.4 Å². The van der Waals surface area contributed by atoms with Gasteiger partial charge in [-0.25, -0.2) is 0 Å². The van der Waals surface area contributed by atoms with Gasteiger partial charge in [-0.15, -0.1) is 11.3 Å². The van der Waals surface area contributed by atoms with Gasteiger partial charge >= 0.3 is 0 Å². The minimum atomic E-state index is -0.0244. The van der Waals surface area contributed by atoms with Crippen LogP contribution in [0.1, 0.15) is 21.5 Å². The fourth-order valence-electron chi connectivity index (χ4n) is 1.52. The van der Waals surface area contributed by atoms with Crippen LogP contribution in [-0.2, 0) is 6.42 Å². The van der Waals surface area contributed by atoms with Gasteiger partial charge in [0, 0.05) is 9.35 Å². The lowest BCUT2D eigenvalue weighted by molar-refractivity contribution is 0.0925. The predicted octanol–water partition coefficient (Wildman–Crippen LogP) is 4.99. The van der Waals surface area contributed by atoms with Crippen LogP contribution in [0.4, 0.5) is 0 Å². The number of ketones is 1. The first-order valence-electron chi connectivity index (χ1n) is 5.80. The minimum absolute atomic E-state index is 0.00498. The fraction of sp³-hybridized carbons (Fsp3) is 0.214. The Bertz CT molecular complexity index is 595. The van der Waals surface area contributed by atoms with Crippen molar-refractivity contribution in [1.82, 2.24) is 0 Å². The van der Waals surface area contributed by atoms with Gasteiger partial charge in [-0.2, -0.15) is 0 Å². The molecule has 1 aromatic heterocycles. The lowest BCUT2D eigenvalue weighted by atomic mass is 10.3. The number of ether oxygens (including phenoxy) is 1. The SMILES string of the molecule is CCc1ccc(C(=O)COc2ccc(Br)cc2Cl)s1. The number of Topliss-reactive ketones (excluding diaryl/α,β-unsaturated/α-hetero) is 1. The molecule has 0 saturated heterocycles. The van der Waals surface area contributed by atoms with Crippen LogP contribution in [0.3, 0.4) is 0 Å². The zero-order valence-corrected chi connectivity index (χ0v) is 13.4. The van der Waals surface area contributed by atoms with Gasteiger partial charge in [0.25, 0.3) is 0 Å². The molecule has 0 saturated carbocycles. The van der Waals surface area contributed by atoms with Crippen LogP contribution in [0.2, 0.25) is 5.02 Å². The standard InChI is InChI=1S/C14H12BrClO2S/c1-2-10-4-6-14(19-10)12(17)8-18-13-5-3-9(15)7-11(13)16/h3-7H,2,8H2,1H3. The Labute approximate surface area is 129 Å². The molecule has 1 aromatic carbocycles. The Hall–Kier alpha value is -0.840. The molecule has 100 valence electrons. The summed E-state index contributed by atoms with van der Waals surface area (Å²) in [5, 5.41) is 0.489. The van der Waals surface area contributed by atoms with E-state index in [-0.39, 0.29) is 12.4 Å². The third-order valence-corrected chi connectivity index (χ3v) is 4.60. The molecule has 0 fully saturated rings. The highest BCUT2D eigenvalue weighted by Crippen LogP contribution is 2.28. The van der Waals surface area contributed by atoms with E-state index in [0.717, 1.165) is 15.8 Å². The molecule has 2 aromatic rings. The summed E-state index contributed by atoms with van der Waals surface area (Å²) in [4.78, 5) is 13.9. The summed E-state index contributed by atoms with van der Waals surface area (Å²) in [5.74, 6) is 0.495. The molecule has 0 atom stereocenters. The lowest BCUT2D eigenvalue weighted by Gasteiger charge is -2.06. The van der Waals surface area contributed by atoms with Crippen LogP contribution < -0.4 is 4.74 Å². The third-order valence-electron chi connectivity index (χ3n) is 2.54. The first-order chi connectivity index (χ1) is 9.10. The molecule has 0 N–H and O–H groups in total. The van der Waals surface area contributed by atoms with Crippen molar-refractivity contribution in [3.63, 3.8) is 0 Å². The molecule has 2 rings (SSSR count). The van der Waals surface area contributed by atoms with Gasteiger partial charge in [0.15, 0.2) is 6.61 Å². The van der Waals surface area contributed by atoms with Crippen molar-refractivity contribution in [2.45, 2.75) is 13.3 Å². The van der Waals surface area contributed by atoms with Crippen molar-refractivity contribution in [2.75, 3.05) is 6.61 Å². The molecule has 0 spiro atoms. The number of benzene rings is 1. The smallest absolute Gasteiger partial charge is 0.210 e. The van der Waals surface area contributed by atoms with E-state index in [0.29, 0.717) is 10.8 Å². The number of halogens is 2. The summed E-state index contributed by atoms with van der Waals surface area (Å²) in [6.07, 6.45) is 0.942. The lowest BCUT2D eigenvalue weighted by Crippen LogP contribution is -2.10. The molecule has 0 unspecified atom stereocenters. The maximum atomic E-state index is 12.0. The van der Waals surface area contributed by atoms with Crippen LogP contribution in [0.5, 0.6) is 5.75 Å². The summed E-state index contributed by atoms with van der Waals surface area (Å²) in [7, 11) is 0. The molecule has 0 aliphatic rings. The van der Waals surface area contributed by atoms with E-state index in [1.807, 2.05) is 18.2 Å². The van der Waals surface area contributed by atoms with E-state index in [1.165, 1.54) is 16.2 Å². The summed E-state index contributed by atoms with van der Waals surface area (Å²) in [6, 6.07) is 9.13. The van der Waals surface area contributed by atoms with Crippen molar-refractivity contribution in [1.29, 1.82) is 0 Å². The van der Waals surface area contributed by atoms with E-state index >= 15 is 0 Å². The molecule has 1 heterocycles. The number of carbonyl (C=O) groups is 1. The molecule has 0 amide bonds. The largest absolute Gasteiger partial charge is 0.484 e. The first kappa shape index (κ1) is 14.6. The van der Waals surface area contributed by atoms with Gasteiger partial charge < -0.3 is 4.74 Å². The van der Waals surface area contributed by atoms with Crippen LogP contribution in [0, 0.1) is 0 Å². The Balaban J connectivity index is 2.00. The molecule has 0 aliphatic carbocycles. The van der Waals surface area contributed by atoms with Gasteiger partial charge in [-0.05, 0) is 36.8 Å². The highest BCUT2D eigenvalue weighted by atomic mass is 79.9. The predicted molar refractivity (Wildman–Crippen MR) is 82.7 cm³/mol. The van der Waals surface area contributed by atoms with Crippen LogP contribution >= 0.6 is 38.9 Å². The molecular weight excluding hydrogens is 348 g/mol. The van der Waals surface area contributed by atoms with Gasteiger partial charge in [-0.3, -0.25) is 4.79 Å². The average Bonchev–Trinajstić information content (AvgIpc) is 2.86. The van der Waals surface area contributed by atoms with Crippen molar-refractivity contribution in [3.8, 4) is 5.75 Å². The molecule has 0 bridgehead atoms. The van der Waals surface area contributed by atoms with E-state index in [9.17, 15) is 4.79 Å². The highest BCUT2D eigenvalue weighted by Gasteiger charge is 2.11. The van der Waals surface area contributed by atoms with E-state index < -0.39 is 0 Å². The Kier molecular flexibility index (Phi) is 5.02. The maximum Gasteiger partial charge on any atom is 0.210 e. The monoisotopic (exact) mass is 358 g/mol. The third kappa shape index (κ3) is 3.81. The molecule has 2 nitrogen and oxygen atoms in total. The van der Waals surface area contributed by atoms with Crippen molar-refractivity contribution in [3.05, 3.63) is 49.6 Å². The second kappa shape index (κ2) is 6.55. The molecular formula is C14H12BrClO2S. The maximum absolute atomic E-state index is 12.0. The Morgan fingerprint density at radius 2 is 2.16 bits per heavy atom. The topological polar surface area (TPSA) is 26.3 Å². The summed E-state index contributed by atoms with van der Waals surface area (Å²) < 4.78 is 6.33. The first-order valence-corrected chi connectivity index (χ1v) is 7.78. The number of carbonyl (C=O) groups excluding carboxylic acids is 1. The van der Waals surface area contributed by atoms with Crippen molar-refractivity contribution in [2.24, 2.45) is 0 Å². The number of rotatable bonds is 5. The second-order valence-electron chi connectivity index (χ2n) is 3.91. The van der Waals surface area contributed by atoms with Gasteiger partial charge in [-0.1, -0.05) is 34.5 Å². The summed E-state index contributed by atoms with van der Waals surface area (Å²) in [5.41, 5.74) is 0. The average molecular weight is 360 g/mol. The zero-order chi connectivity index (χ0) is 13.8. The number of hydrogen-bond acceptors (Lipinski definition) is 3. The van der Waals surface area contributed by atoms with E-state index in [2.05, 4.69) is 22.9 Å². The molecule has 19 heavy (non-hydrogen) atoms. The molecule has 0 aliphatic heterocycles. The molecule has 5 heteroatoms. The van der Waals surface area contributed by atoms with Gasteiger partial charge in [0.1, 0.15) is 5.75 Å². The zero-order valence-electron chi connectivity index (χ0n) is 10.3. The molecule has 0 radical (unpaired) electrons. The fourth-order valence-corrected chi connectivity index (χ4v) is 3.12. The van der Waals surface area contributed by atoms with Crippen LogP contribution in [0.15, 0.2) is 34.8 Å². The second-order valence-corrected chi connectivity index (χ2v) is 6.40. The summed E-state index contributed by atoms with van der Waals surface area (Å²) in [6.45, 7) is 2.07. The van der Waals surface area contributed by atoms with Crippen molar-refractivity contribution >= 4 is 44.7 Å². The van der Waals surface area contributed by atoms with Gasteiger partial charge in [0.2, 0.25) is 5.78 Å². The summed E-state index contributed by atoms with van der Waals surface area (Å²) >= 11 is 10.9. The Morgan fingerprint density at radius 3 is 2.79 bits per heavy atom. The number of aryl methyl sites for hydroxylation is 1. The van der Waals surface area contributed by atoms with Gasteiger partial charge in [0.05, 0.1) is 9.90 Å². The normalized spacial score (nSPS) is 10.5. The quantitative estimate of drug-likeness (QED) is 0.703. The Morgan fingerprint density at radius 1 is 1.37 bits per heavy atom. The van der Waals surface area contributed by atoms with E-state index in [4.69, 9.17) is 16.3 Å². The van der Waals surface area contributed by atoms with E-state index in [1.54, 1.807) is 12.1 Å². The van der Waals surface area contributed by atoms with Crippen molar-refractivity contribution < 1.29 is 9.53 Å². The van der Waals surface area contributed by atoms with Crippen LogP contribution in [0.25, 0.3) is 0 Å². The minimum Gasteiger partial charge on any atom is -0.484 e. The number of hydrogen-bond donors (Lipinski definition) is 0.